The van der Waals surface area contributed by atoms with Gasteiger partial charge in [-0.05, 0) is 68.3 Å². The topological polar surface area (TPSA) is 72.1 Å². The monoisotopic (exact) mass is 746 g/mol. The van der Waals surface area contributed by atoms with Crippen LogP contribution in [0.15, 0.2) is 193 Å². The Morgan fingerprint density at radius 3 is 1.84 bits per heavy atom. The third-order valence-corrected chi connectivity index (χ3v) is 11.2. The molecule has 7 aromatic carbocycles. The molecular weight excluding hydrogens is 705 g/mol. The fourth-order valence-corrected chi connectivity index (χ4v) is 8.15. The average molecular weight is 747 g/mol. The van der Waals surface area contributed by atoms with Crippen molar-refractivity contribution >= 4 is 46.4 Å². The second-order valence-corrected chi connectivity index (χ2v) is 15.2. The van der Waals surface area contributed by atoms with Crippen molar-refractivity contribution in [2.75, 3.05) is 0 Å². The van der Waals surface area contributed by atoms with Crippen molar-refractivity contribution in [2.45, 2.75) is 19.3 Å². The predicted octanol–water partition coefficient (Wildman–Crippen LogP) is 12.6. The molecule has 58 heavy (non-hydrogen) atoms. The summed E-state index contributed by atoms with van der Waals surface area (Å²) in [6.45, 7) is 4.57. The largest absolute Gasteiger partial charge is 0.354 e. The van der Waals surface area contributed by atoms with E-state index in [4.69, 9.17) is 10.4 Å². The summed E-state index contributed by atoms with van der Waals surface area (Å²) >= 11 is 0. The number of aliphatic imine (C=N–C) groups is 1. The van der Waals surface area contributed by atoms with Crippen molar-refractivity contribution in [3.8, 4) is 11.1 Å². The summed E-state index contributed by atoms with van der Waals surface area (Å²) in [7, 11) is 0. The number of nitrogens with zero attached hydrogens (tertiary/aromatic N) is 1. The Morgan fingerprint density at radius 2 is 1.14 bits per heavy atom. The quantitative estimate of drug-likeness (QED) is 0.126. The SMILES string of the molecule is CC1(C)c2ccccc2-c2ccc(/C(=C/C(=N)c3ccccc3)N=Cc3ccc(C4=Cc5ccccc5/C(=C(/C(=N)c5ccccc5)c5ccccc5)N4)cc3)cc21. The van der Waals surface area contributed by atoms with Crippen LogP contribution in [-0.2, 0) is 5.41 Å². The van der Waals surface area contributed by atoms with Gasteiger partial charge in [0.2, 0.25) is 0 Å². The summed E-state index contributed by atoms with van der Waals surface area (Å²) in [5.41, 5.74) is 17.0. The average Bonchev–Trinajstić information content (AvgIpc) is 3.51. The highest BCUT2D eigenvalue weighted by Gasteiger charge is 2.35. The minimum absolute atomic E-state index is 0.152. The predicted molar refractivity (Wildman–Crippen MR) is 243 cm³/mol. The van der Waals surface area contributed by atoms with Gasteiger partial charge in [-0.3, -0.25) is 10.4 Å². The molecule has 0 aromatic heterocycles. The molecule has 4 nitrogen and oxygen atoms in total. The first-order valence-corrected chi connectivity index (χ1v) is 19.6. The summed E-state index contributed by atoms with van der Waals surface area (Å²) in [5.74, 6) is 0. The van der Waals surface area contributed by atoms with E-state index in [2.05, 4.69) is 128 Å². The van der Waals surface area contributed by atoms with Gasteiger partial charge in [0, 0.05) is 39.6 Å². The van der Waals surface area contributed by atoms with Crippen LogP contribution in [-0.4, -0.2) is 17.6 Å². The lowest BCUT2D eigenvalue weighted by Crippen LogP contribution is -2.20. The number of allylic oxidation sites excluding steroid dienone is 2. The number of fused-ring (bicyclic) bond motifs is 4. The molecule has 0 unspecified atom stereocenters. The first kappa shape index (κ1) is 36.2. The molecule has 9 rings (SSSR count). The van der Waals surface area contributed by atoms with Crippen LogP contribution in [0.3, 0.4) is 0 Å². The van der Waals surface area contributed by atoms with Crippen molar-refractivity contribution in [1.29, 1.82) is 10.8 Å². The van der Waals surface area contributed by atoms with Gasteiger partial charge in [0.1, 0.15) is 0 Å². The second-order valence-electron chi connectivity index (χ2n) is 15.2. The molecule has 0 radical (unpaired) electrons. The molecule has 0 amide bonds. The van der Waals surface area contributed by atoms with Crippen molar-refractivity contribution in [2.24, 2.45) is 4.99 Å². The number of nitrogens with one attached hydrogen (secondary N) is 3. The summed E-state index contributed by atoms with van der Waals surface area (Å²) < 4.78 is 0. The molecule has 1 heterocycles. The van der Waals surface area contributed by atoms with Crippen LogP contribution in [0.1, 0.15) is 69.5 Å². The fraction of sp³-hybridized carbons (Fsp3) is 0.0556. The van der Waals surface area contributed by atoms with Crippen molar-refractivity contribution < 1.29 is 0 Å². The van der Waals surface area contributed by atoms with E-state index in [1.54, 1.807) is 0 Å². The van der Waals surface area contributed by atoms with Gasteiger partial charge in [-0.25, -0.2) is 0 Å². The van der Waals surface area contributed by atoms with Gasteiger partial charge in [0.25, 0.3) is 0 Å². The summed E-state index contributed by atoms with van der Waals surface area (Å²) in [4.78, 5) is 5.08. The molecule has 278 valence electrons. The minimum atomic E-state index is -0.152. The Balaban J connectivity index is 1.07. The van der Waals surface area contributed by atoms with Crippen molar-refractivity contribution in [1.82, 2.24) is 5.32 Å². The lowest BCUT2D eigenvalue weighted by Gasteiger charge is -2.26. The highest BCUT2D eigenvalue weighted by molar-refractivity contribution is 6.36. The van der Waals surface area contributed by atoms with Gasteiger partial charge in [0.05, 0.1) is 22.8 Å². The lowest BCUT2D eigenvalue weighted by molar-refractivity contribution is 0.660. The molecule has 4 heteroatoms. The fourth-order valence-electron chi connectivity index (χ4n) is 8.15. The van der Waals surface area contributed by atoms with E-state index in [-0.39, 0.29) is 5.41 Å². The smallest absolute Gasteiger partial charge is 0.0723 e. The zero-order valence-corrected chi connectivity index (χ0v) is 32.5. The maximum absolute atomic E-state index is 9.47. The molecule has 3 N–H and O–H groups in total. The standard InChI is InChI=1S/C54H42N4/c1-54(2)46-25-15-14-24-44(46)45-31-30-42(32-47(45)54)49(34-48(55)37-16-6-3-7-17-37)57-35-36-26-28-38(29-27-36)50-33-41-22-12-13-23-43(41)53(58-50)51(39-18-8-4-9-19-39)52(56)40-20-10-5-11-21-40/h3-35,55-56,58H,1-2H3/b49-34-,53-51-,55-48?,56-52?,57-35?. The Morgan fingerprint density at radius 1 is 0.552 bits per heavy atom. The highest BCUT2D eigenvalue weighted by atomic mass is 14.9. The molecular formula is C54H42N4. The number of hydrogen-bond acceptors (Lipinski definition) is 4. The van der Waals surface area contributed by atoms with Gasteiger partial charge in [-0.1, -0.05) is 190 Å². The molecule has 0 saturated carbocycles. The van der Waals surface area contributed by atoms with Gasteiger partial charge < -0.3 is 10.7 Å². The Hall–Kier alpha value is -7.43. The maximum atomic E-state index is 9.47. The number of benzene rings is 7. The van der Waals surface area contributed by atoms with Crippen LogP contribution in [0.5, 0.6) is 0 Å². The summed E-state index contributed by atoms with van der Waals surface area (Å²) in [6, 6.07) is 61.9. The molecule has 1 aliphatic carbocycles. The van der Waals surface area contributed by atoms with E-state index in [1.165, 1.54) is 22.3 Å². The molecule has 0 bridgehead atoms. The Bertz CT molecular complexity index is 2820. The molecule has 0 atom stereocenters. The Labute approximate surface area is 340 Å². The van der Waals surface area contributed by atoms with Gasteiger partial charge in [-0.2, -0.15) is 0 Å². The van der Waals surface area contributed by atoms with E-state index in [1.807, 2.05) is 91.2 Å². The van der Waals surface area contributed by atoms with Crippen LogP contribution in [0.4, 0.5) is 0 Å². The van der Waals surface area contributed by atoms with Crippen molar-refractivity contribution in [3.05, 3.63) is 244 Å². The molecule has 0 saturated heterocycles. The minimum Gasteiger partial charge on any atom is -0.354 e. The number of rotatable bonds is 9. The van der Waals surface area contributed by atoms with E-state index >= 15 is 0 Å². The molecule has 7 aromatic rings. The van der Waals surface area contributed by atoms with Crippen LogP contribution in [0.2, 0.25) is 0 Å². The number of hydrogen-bond donors (Lipinski definition) is 3. The van der Waals surface area contributed by atoms with Crippen LogP contribution < -0.4 is 5.32 Å². The molecule has 0 spiro atoms. The second kappa shape index (κ2) is 15.2. The molecule has 1 aliphatic heterocycles. The Kier molecular flexibility index (Phi) is 9.52. The van der Waals surface area contributed by atoms with Crippen LogP contribution in [0.25, 0.3) is 39.9 Å². The van der Waals surface area contributed by atoms with Gasteiger partial charge in [-0.15, -0.1) is 0 Å². The van der Waals surface area contributed by atoms with Crippen LogP contribution >= 0.6 is 0 Å². The van der Waals surface area contributed by atoms with E-state index < -0.39 is 0 Å². The van der Waals surface area contributed by atoms with E-state index in [0.717, 1.165) is 67.2 Å². The summed E-state index contributed by atoms with van der Waals surface area (Å²) in [5, 5.41) is 22.3. The van der Waals surface area contributed by atoms with Gasteiger partial charge >= 0.3 is 0 Å². The highest BCUT2D eigenvalue weighted by Crippen LogP contribution is 2.49. The third-order valence-electron chi connectivity index (χ3n) is 11.2. The van der Waals surface area contributed by atoms with Crippen molar-refractivity contribution in [3.63, 3.8) is 0 Å². The molecule has 2 aliphatic rings. The van der Waals surface area contributed by atoms with E-state index in [9.17, 15) is 5.41 Å². The molecule has 0 fully saturated rings. The first-order valence-electron chi connectivity index (χ1n) is 19.6. The zero-order valence-electron chi connectivity index (χ0n) is 32.5. The zero-order chi connectivity index (χ0) is 39.6. The van der Waals surface area contributed by atoms with E-state index in [0.29, 0.717) is 11.4 Å². The first-order chi connectivity index (χ1) is 28.3. The normalized spacial score (nSPS) is 14.8. The van der Waals surface area contributed by atoms with Gasteiger partial charge in [0.15, 0.2) is 0 Å². The van der Waals surface area contributed by atoms with Crippen LogP contribution in [0, 0.1) is 10.8 Å². The summed E-state index contributed by atoms with van der Waals surface area (Å²) in [6.07, 6.45) is 5.94. The lowest BCUT2D eigenvalue weighted by atomic mass is 9.82. The third kappa shape index (κ3) is 6.86. The maximum Gasteiger partial charge on any atom is 0.0723 e.